The molecule has 0 fully saturated rings. The molecule has 0 N–H and O–H groups in total. The van der Waals surface area contributed by atoms with Crippen molar-refractivity contribution < 1.29 is 4.39 Å². The normalized spacial score (nSPS) is 12.1. The number of nitrogens with zero attached hydrogens (tertiary/aromatic N) is 4. The fraction of sp³-hybridized carbons (Fsp3) is 0.500. The van der Waals surface area contributed by atoms with Gasteiger partial charge in [0.05, 0.1) is 12.1 Å². The van der Waals surface area contributed by atoms with Crippen LogP contribution in [-0.2, 0) is 18.6 Å². The van der Waals surface area contributed by atoms with Crippen LogP contribution in [0.5, 0.6) is 0 Å². The second-order valence-corrected chi connectivity index (χ2v) is 6.46. The second-order valence-electron chi connectivity index (χ2n) is 6.46. The molecule has 0 unspecified atom stereocenters. The molecule has 1 aromatic heterocycles. The number of aryl methyl sites for hydroxylation is 1. The fourth-order valence-electron chi connectivity index (χ4n) is 2.30. The molecule has 5 heteroatoms. The summed E-state index contributed by atoms with van der Waals surface area (Å²) in [6.45, 7) is 9.71. The number of benzene rings is 1. The minimum atomic E-state index is -0.204. The molecule has 0 amide bonds. The van der Waals surface area contributed by atoms with Gasteiger partial charge in [-0.2, -0.15) is 5.10 Å². The van der Waals surface area contributed by atoms with Gasteiger partial charge in [0.15, 0.2) is 0 Å². The van der Waals surface area contributed by atoms with E-state index in [9.17, 15) is 4.39 Å². The summed E-state index contributed by atoms with van der Waals surface area (Å²) in [7, 11) is 2.03. The molecule has 4 nitrogen and oxygen atoms in total. The summed E-state index contributed by atoms with van der Waals surface area (Å²) in [6, 6.07) is 6.60. The van der Waals surface area contributed by atoms with E-state index in [1.165, 1.54) is 12.1 Å². The molecule has 0 aliphatic heterocycles. The number of hydrogen-bond acceptors (Lipinski definition) is 3. The molecule has 0 aliphatic carbocycles. The Morgan fingerprint density at radius 3 is 2.33 bits per heavy atom. The lowest BCUT2D eigenvalue weighted by atomic mass is 10.1. The van der Waals surface area contributed by atoms with Crippen LogP contribution in [0.3, 0.4) is 0 Å². The first kappa shape index (κ1) is 15.6. The zero-order valence-corrected chi connectivity index (χ0v) is 13.4. The van der Waals surface area contributed by atoms with E-state index in [4.69, 9.17) is 0 Å². The number of aromatic nitrogens is 3. The predicted octanol–water partition coefficient (Wildman–Crippen LogP) is 3.11. The summed E-state index contributed by atoms with van der Waals surface area (Å²) in [5.41, 5.74) is 0.991. The minimum Gasteiger partial charge on any atom is -0.295 e. The Hall–Kier alpha value is -1.75. The van der Waals surface area contributed by atoms with Crippen molar-refractivity contribution in [1.29, 1.82) is 0 Å². The van der Waals surface area contributed by atoms with Crippen molar-refractivity contribution in [3.8, 4) is 0 Å². The van der Waals surface area contributed by atoms with Gasteiger partial charge in [-0.3, -0.25) is 4.90 Å². The highest BCUT2D eigenvalue weighted by Gasteiger charge is 2.20. The zero-order chi connectivity index (χ0) is 15.6. The maximum absolute atomic E-state index is 12.9. The average molecular weight is 290 g/mol. The maximum atomic E-state index is 12.9. The number of halogens is 1. The van der Waals surface area contributed by atoms with Crippen LogP contribution in [0.4, 0.5) is 4.39 Å². The maximum Gasteiger partial charge on any atom is 0.147 e. The van der Waals surface area contributed by atoms with Crippen molar-refractivity contribution in [2.75, 3.05) is 7.05 Å². The highest BCUT2D eigenvalue weighted by atomic mass is 19.1. The Bertz CT molecular complexity index is 596. The SMILES string of the molecule is Cc1nc(CN(C)Cc2ccc(F)cc2)n(C(C)(C)C)n1. The van der Waals surface area contributed by atoms with E-state index in [1.807, 2.05) is 30.8 Å². The van der Waals surface area contributed by atoms with E-state index in [2.05, 4.69) is 35.8 Å². The Morgan fingerprint density at radius 1 is 1.14 bits per heavy atom. The molecule has 0 bridgehead atoms. The van der Waals surface area contributed by atoms with Crippen molar-refractivity contribution in [1.82, 2.24) is 19.7 Å². The first-order valence-corrected chi connectivity index (χ1v) is 7.12. The fourth-order valence-corrected chi connectivity index (χ4v) is 2.30. The van der Waals surface area contributed by atoms with Gasteiger partial charge < -0.3 is 0 Å². The smallest absolute Gasteiger partial charge is 0.147 e. The first-order chi connectivity index (χ1) is 9.75. The predicted molar refractivity (Wildman–Crippen MR) is 81.3 cm³/mol. The number of hydrogen-bond donors (Lipinski definition) is 0. The van der Waals surface area contributed by atoms with Gasteiger partial charge in [-0.15, -0.1) is 0 Å². The lowest BCUT2D eigenvalue weighted by molar-refractivity contribution is 0.274. The molecule has 0 spiro atoms. The van der Waals surface area contributed by atoms with Crippen LogP contribution in [-0.4, -0.2) is 26.7 Å². The lowest BCUT2D eigenvalue weighted by Crippen LogP contribution is -2.28. The Balaban J connectivity index is 2.09. The Labute approximate surface area is 125 Å². The third-order valence-electron chi connectivity index (χ3n) is 3.19. The molecule has 0 atom stereocenters. The van der Waals surface area contributed by atoms with Gasteiger partial charge in [-0.1, -0.05) is 12.1 Å². The Morgan fingerprint density at radius 2 is 1.76 bits per heavy atom. The van der Waals surface area contributed by atoms with Crippen LogP contribution in [0.2, 0.25) is 0 Å². The summed E-state index contributed by atoms with van der Waals surface area (Å²) in [4.78, 5) is 6.67. The monoisotopic (exact) mass is 290 g/mol. The molecule has 2 aromatic rings. The molecule has 1 aromatic carbocycles. The number of rotatable bonds is 4. The highest BCUT2D eigenvalue weighted by Crippen LogP contribution is 2.17. The largest absolute Gasteiger partial charge is 0.295 e. The Kier molecular flexibility index (Phi) is 4.42. The quantitative estimate of drug-likeness (QED) is 0.867. The third kappa shape index (κ3) is 4.11. The van der Waals surface area contributed by atoms with Gasteiger partial charge in [-0.25, -0.2) is 14.1 Å². The molecular weight excluding hydrogens is 267 g/mol. The lowest BCUT2D eigenvalue weighted by Gasteiger charge is -2.23. The van der Waals surface area contributed by atoms with Crippen molar-refractivity contribution in [2.24, 2.45) is 0 Å². The van der Waals surface area contributed by atoms with Gasteiger partial charge >= 0.3 is 0 Å². The zero-order valence-electron chi connectivity index (χ0n) is 13.4. The first-order valence-electron chi connectivity index (χ1n) is 7.12. The van der Waals surface area contributed by atoms with Crippen molar-refractivity contribution in [2.45, 2.75) is 46.3 Å². The average Bonchev–Trinajstić information content (AvgIpc) is 2.73. The molecule has 0 saturated heterocycles. The third-order valence-corrected chi connectivity index (χ3v) is 3.19. The highest BCUT2D eigenvalue weighted by molar-refractivity contribution is 5.15. The summed E-state index contributed by atoms with van der Waals surface area (Å²) in [5, 5.41) is 4.48. The standard InChI is InChI=1S/C16H23FN4/c1-12-18-15(21(19-12)16(2,3)4)11-20(5)10-13-6-8-14(17)9-7-13/h6-9H,10-11H2,1-5H3. The molecule has 21 heavy (non-hydrogen) atoms. The second kappa shape index (κ2) is 5.93. The van der Waals surface area contributed by atoms with E-state index >= 15 is 0 Å². The molecule has 1 heterocycles. The van der Waals surface area contributed by atoms with Crippen LogP contribution < -0.4 is 0 Å². The summed E-state index contributed by atoms with van der Waals surface area (Å²) < 4.78 is 14.9. The van der Waals surface area contributed by atoms with Gasteiger partial charge in [0.1, 0.15) is 17.5 Å². The van der Waals surface area contributed by atoms with Crippen LogP contribution in [0.15, 0.2) is 24.3 Å². The van der Waals surface area contributed by atoms with Crippen molar-refractivity contribution in [3.05, 3.63) is 47.3 Å². The van der Waals surface area contributed by atoms with Crippen molar-refractivity contribution in [3.63, 3.8) is 0 Å². The van der Waals surface area contributed by atoms with E-state index in [1.54, 1.807) is 0 Å². The van der Waals surface area contributed by atoms with Crippen LogP contribution in [0.25, 0.3) is 0 Å². The van der Waals surface area contributed by atoms with E-state index in [0.717, 1.165) is 23.8 Å². The van der Waals surface area contributed by atoms with Gasteiger partial charge in [0.25, 0.3) is 0 Å². The van der Waals surface area contributed by atoms with Crippen molar-refractivity contribution >= 4 is 0 Å². The summed E-state index contributed by atoms with van der Waals surface area (Å²) in [6.07, 6.45) is 0. The molecule has 0 aliphatic rings. The van der Waals surface area contributed by atoms with Gasteiger partial charge in [0.2, 0.25) is 0 Å². The minimum absolute atomic E-state index is 0.0900. The van der Waals surface area contributed by atoms with E-state index in [-0.39, 0.29) is 11.4 Å². The molecule has 114 valence electrons. The van der Waals surface area contributed by atoms with E-state index < -0.39 is 0 Å². The molecule has 0 saturated carbocycles. The van der Waals surface area contributed by atoms with E-state index in [0.29, 0.717) is 6.54 Å². The molecule has 0 radical (unpaired) electrons. The van der Waals surface area contributed by atoms with Crippen LogP contribution in [0, 0.1) is 12.7 Å². The summed E-state index contributed by atoms with van der Waals surface area (Å²) in [5.74, 6) is 1.53. The topological polar surface area (TPSA) is 34.0 Å². The van der Waals surface area contributed by atoms with Gasteiger partial charge in [0, 0.05) is 6.54 Å². The molecule has 2 rings (SSSR count). The van der Waals surface area contributed by atoms with Crippen LogP contribution in [0.1, 0.15) is 38.0 Å². The van der Waals surface area contributed by atoms with Crippen LogP contribution >= 0.6 is 0 Å². The summed E-state index contributed by atoms with van der Waals surface area (Å²) >= 11 is 0. The van der Waals surface area contributed by atoms with Gasteiger partial charge in [-0.05, 0) is 52.4 Å². The molecular formula is C16H23FN4.